The number of carbonyl (C=O) groups excluding carboxylic acids is 1. The zero-order valence-corrected chi connectivity index (χ0v) is 10.4. The quantitative estimate of drug-likeness (QED) is 0.766. The van der Waals surface area contributed by atoms with E-state index in [0.717, 1.165) is 19.3 Å². The summed E-state index contributed by atoms with van der Waals surface area (Å²) in [6.07, 6.45) is 3.14. The van der Waals surface area contributed by atoms with Crippen molar-refractivity contribution in [1.29, 1.82) is 0 Å². The number of amides is 1. The number of thiophene rings is 1. The fraction of sp³-hybridized carbons (Fsp3) is 0.583. The van der Waals surface area contributed by atoms with Crippen molar-refractivity contribution in [2.75, 3.05) is 6.61 Å². The van der Waals surface area contributed by atoms with E-state index in [-0.39, 0.29) is 18.6 Å². The van der Waals surface area contributed by atoms with Gasteiger partial charge in [-0.05, 0) is 30.7 Å². The first-order valence-electron chi connectivity index (χ1n) is 5.68. The molecule has 1 aromatic rings. The van der Waals surface area contributed by atoms with Crippen LogP contribution in [0.3, 0.4) is 0 Å². The van der Waals surface area contributed by atoms with Crippen molar-refractivity contribution in [1.82, 2.24) is 5.32 Å². The van der Waals surface area contributed by atoms with E-state index in [0.29, 0.717) is 6.42 Å². The van der Waals surface area contributed by atoms with Crippen molar-refractivity contribution in [3.8, 4) is 0 Å². The van der Waals surface area contributed by atoms with E-state index < -0.39 is 0 Å². The average molecular weight is 241 g/mol. The van der Waals surface area contributed by atoms with Gasteiger partial charge in [0.2, 0.25) is 5.91 Å². The Hall–Kier alpha value is -0.870. The lowest BCUT2D eigenvalue weighted by Crippen LogP contribution is -2.36. The molecule has 2 N–H and O–H groups in total. The molecule has 1 aromatic heterocycles. The summed E-state index contributed by atoms with van der Waals surface area (Å²) in [5, 5.41) is 13.8. The molecule has 1 amide bonds. The third-order valence-corrected chi connectivity index (χ3v) is 3.42. The van der Waals surface area contributed by atoms with Crippen molar-refractivity contribution in [3.05, 3.63) is 22.4 Å². The van der Waals surface area contributed by atoms with E-state index >= 15 is 0 Å². The number of hydrogen-bond donors (Lipinski definition) is 2. The molecule has 1 heterocycles. The molecule has 0 saturated heterocycles. The smallest absolute Gasteiger partial charge is 0.220 e. The summed E-state index contributed by atoms with van der Waals surface area (Å²) in [6, 6.07) is 4.03. The van der Waals surface area contributed by atoms with Crippen LogP contribution < -0.4 is 5.32 Å². The van der Waals surface area contributed by atoms with Crippen LogP contribution in [0.2, 0.25) is 0 Å². The van der Waals surface area contributed by atoms with Crippen molar-refractivity contribution in [2.45, 2.75) is 38.6 Å². The van der Waals surface area contributed by atoms with Crippen LogP contribution in [-0.2, 0) is 11.2 Å². The molecule has 0 unspecified atom stereocenters. The molecule has 0 aliphatic carbocycles. The number of aliphatic hydroxyl groups is 1. The highest BCUT2D eigenvalue weighted by Gasteiger charge is 2.08. The molecule has 1 rings (SSSR count). The Bertz CT molecular complexity index is 294. The topological polar surface area (TPSA) is 49.3 Å². The van der Waals surface area contributed by atoms with Gasteiger partial charge in [0.15, 0.2) is 0 Å². The number of hydrogen-bond acceptors (Lipinski definition) is 3. The number of nitrogens with one attached hydrogen (secondary N) is 1. The van der Waals surface area contributed by atoms with E-state index in [9.17, 15) is 4.79 Å². The van der Waals surface area contributed by atoms with Gasteiger partial charge >= 0.3 is 0 Å². The molecule has 0 radical (unpaired) electrons. The standard InChI is InChI=1S/C12H19NO2S/c1-2-10(9-14)13-12(15)7-3-5-11-6-4-8-16-11/h4,6,8,10,14H,2-3,5,7,9H2,1H3,(H,13,15)/t10-/m1/s1. The van der Waals surface area contributed by atoms with Gasteiger partial charge in [-0.25, -0.2) is 0 Å². The second-order valence-corrected chi connectivity index (χ2v) is 4.82. The van der Waals surface area contributed by atoms with Crippen LogP contribution in [0.1, 0.15) is 31.1 Å². The molecule has 4 heteroatoms. The van der Waals surface area contributed by atoms with Gasteiger partial charge in [-0.1, -0.05) is 13.0 Å². The number of rotatable bonds is 7. The van der Waals surface area contributed by atoms with E-state index in [4.69, 9.17) is 5.11 Å². The highest BCUT2D eigenvalue weighted by atomic mass is 32.1. The Morgan fingerprint density at radius 2 is 2.44 bits per heavy atom. The average Bonchev–Trinajstić information content (AvgIpc) is 2.79. The Labute approximate surface area is 100 Å². The summed E-state index contributed by atoms with van der Waals surface area (Å²) in [5.74, 6) is 0.0393. The third-order valence-electron chi connectivity index (χ3n) is 2.49. The SMILES string of the molecule is CC[C@H](CO)NC(=O)CCCc1cccs1. The first-order chi connectivity index (χ1) is 7.76. The molecule has 1 atom stereocenters. The summed E-state index contributed by atoms with van der Waals surface area (Å²) in [5.41, 5.74) is 0. The summed E-state index contributed by atoms with van der Waals surface area (Å²) >= 11 is 1.73. The molecule has 0 saturated carbocycles. The summed E-state index contributed by atoms with van der Waals surface area (Å²) in [6.45, 7) is 1.97. The maximum Gasteiger partial charge on any atom is 0.220 e. The van der Waals surface area contributed by atoms with Crippen LogP contribution >= 0.6 is 11.3 Å². The highest BCUT2D eigenvalue weighted by Crippen LogP contribution is 2.11. The minimum absolute atomic E-state index is 0.0210. The van der Waals surface area contributed by atoms with Gasteiger partial charge in [-0.2, -0.15) is 0 Å². The Kier molecular flexibility index (Phi) is 6.11. The molecular weight excluding hydrogens is 222 g/mol. The molecule has 0 aliphatic rings. The Balaban J connectivity index is 2.15. The molecule has 0 aromatic carbocycles. The molecule has 0 fully saturated rings. The normalized spacial score (nSPS) is 12.4. The lowest BCUT2D eigenvalue weighted by molar-refractivity contribution is -0.122. The molecule has 90 valence electrons. The van der Waals surface area contributed by atoms with Gasteiger partial charge in [-0.15, -0.1) is 11.3 Å². The fourth-order valence-electron chi connectivity index (χ4n) is 1.45. The molecule has 16 heavy (non-hydrogen) atoms. The van der Waals surface area contributed by atoms with Crippen LogP contribution in [0.5, 0.6) is 0 Å². The van der Waals surface area contributed by atoms with Gasteiger partial charge in [0.05, 0.1) is 12.6 Å². The van der Waals surface area contributed by atoms with Gasteiger partial charge in [0.25, 0.3) is 0 Å². The predicted molar refractivity (Wildman–Crippen MR) is 66.6 cm³/mol. The number of aryl methyl sites for hydroxylation is 1. The van der Waals surface area contributed by atoms with Crippen molar-refractivity contribution in [2.24, 2.45) is 0 Å². The Morgan fingerprint density at radius 1 is 1.62 bits per heavy atom. The fourth-order valence-corrected chi connectivity index (χ4v) is 2.21. The summed E-state index contributed by atoms with van der Waals surface area (Å²) < 4.78 is 0. The van der Waals surface area contributed by atoms with E-state index in [1.54, 1.807) is 11.3 Å². The number of carbonyl (C=O) groups is 1. The molecule has 0 aliphatic heterocycles. The zero-order valence-electron chi connectivity index (χ0n) is 9.61. The van der Waals surface area contributed by atoms with Crippen LogP contribution in [0, 0.1) is 0 Å². The highest BCUT2D eigenvalue weighted by molar-refractivity contribution is 7.09. The van der Waals surface area contributed by atoms with Crippen LogP contribution in [0.15, 0.2) is 17.5 Å². The number of aliphatic hydroxyl groups excluding tert-OH is 1. The second kappa shape index (κ2) is 7.41. The lowest BCUT2D eigenvalue weighted by Gasteiger charge is -2.13. The lowest BCUT2D eigenvalue weighted by atomic mass is 10.2. The maximum absolute atomic E-state index is 11.5. The van der Waals surface area contributed by atoms with Crippen molar-refractivity contribution >= 4 is 17.2 Å². The van der Waals surface area contributed by atoms with Gasteiger partial charge in [-0.3, -0.25) is 4.79 Å². The van der Waals surface area contributed by atoms with E-state index in [1.807, 2.05) is 18.4 Å². The predicted octanol–water partition coefficient (Wildman–Crippen LogP) is 1.96. The Morgan fingerprint density at radius 3 is 3.00 bits per heavy atom. The largest absolute Gasteiger partial charge is 0.394 e. The third kappa shape index (κ3) is 4.77. The molecular formula is C12H19NO2S. The summed E-state index contributed by atoms with van der Waals surface area (Å²) in [4.78, 5) is 12.8. The van der Waals surface area contributed by atoms with Crippen molar-refractivity contribution in [3.63, 3.8) is 0 Å². The van der Waals surface area contributed by atoms with E-state index in [2.05, 4.69) is 11.4 Å². The minimum atomic E-state index is -0.0887. The first-order valence-corrected chi connectivity index (χ1v) is 6.56. The monoisotopic (exact) mass is 241 g/mol. The minimum Gasteiger partial charge on any atom is -0.394 e. The van der Waals surface area contributed by atoms with Gasteiger partial charge in [0, 0.05) is 11.3 Å². The molecule has 0 bridgehead atoms. The summed E-state index contributed by atoms with van der Waals surface area (Å²) in [7, 11) is 0. The van der Waals surface area contributed by atoms with E-state index in [1.165, 1.54) is 4.88 Å². The first kappa shape index (κ1) is 13.2. The van der Waals surface area contributed by atoms with Gasteiger partial charge < -0.3 is 10.4 Å². The van der Waals surface area contributed by atoms with Crippen molar-refractivity contribution < 1.29 is 9.90 Å². The van der Waals surface area contributed by atoms with Crippen LogP contribution in [-0.4, -0.2) is 23.7 Å². The van der Waals surface area contributed by atoms with Crippen LogP contribution in [0.25, 0.3) is 0 Å². The zero-order chi connectivity index (χ0) is 11.8. The molecule has 0 spiro atoms. The van der Waals surface area contributed by atoms with Gasteiger partial charge in [0.1, 0.15) is 0 Å². The van der Waals surface area contributed by atoms with Crippen LogP contribution in [0.4, 0.5) is 0 Å². The maximum atomic E-state index is 11.5. The molecule has 3 nitrogen and oxygen atoms in total. The second-order valence-electron chi connectivity index (χ2n) is 3.79.